The number of halogens is 1. The molecule has 3 aromatic carbocycles. The Morgan fingerprint density at radius 1 is 1.00 bits per heavy atom. The van der Waals surface area contributed by atoms with Crippen molar-refractivity contribution in [3.05, 3.63) is 96.9 Å². The summed E-state index contributed by atoms with van der Waals surface area (Å²) in [7, 11) is 0. The minimum absolute atomic E-state index is 0.239. The number of hydrogen-bond donors (Lipinski definition) is 2. The van der Waals surface area contributed by atoms with E-state index in [4.69, 9.17) is 9.47 Å². The lowest BCUT2D eigenvalue weighted by Crippen LogP contribution is -2.32. The number of benzene rings is 3. The van der Waals surface area contributed by atoms with E-state index in [-0.39, 0.29) is 29.2 Å². The molecule has 0 unspecified atom stereocenters. The number of rotatable bonds is 8. The van der Waals surface area contributed by atoms with Crippen molar-refractivity contribution < 1.29 is 23.9 Å². The van der Waals surface area contributed by atoms with E-state index >= 15 is 0 Å². The predicted octanol–water partition coefficient (Wildman–Crippen LogP) is 5.72. The third-order valence-electron chi connectivity index (χ3n) is 7.31. The van der Waals surface area contributed by atoms with Crippen molar-refractivity contribution in [1.29, 1.82) is 0 Å². The minimum atomic E-state index is -0.735. The van der Waals surface area contributed by atoms with Gasteiger partial charge in [-0.1, -0.05) is 63.3 Å². The fraction of sp³-hybridized carbons (Fsp3) is 0.226. The monoisotopic (exact) mass is 679 g/mol. The SMILES string of the molecule is CCOc1cc([C@@H]2c3sc(=O)[nH]c3S[C@H]3C(=O)N(c4ccc(Br)cc4)C(=O)[C@@H]23)ccc1OCC(=O)Nc1ccccc1C. The summed E-state index contributed by atoms with van der Waals surface area (Å²) in [5, 5.41) is 2.72. The first kappa shape index (κ1) is 29.2. The molecule has 1 saturated heterocycles. The van der Waals surface area contributed by atoms with Gasteiger partial charge in [-0.25, -0.2) is 4.90 Å². The smallest absolute Gasteiger partial charge is 0.305 e. The summed E-state index contributed by atoms with van der Waals surface area (Å²) >= 11 is 5.66. The van der Waals surface area contributed by atoms with E-state index in [1.54, 1.807) is 42.5 Å². The molecule has 2 aliphatic heterocycles. The number of para-hydroxylation sites is 1. The zero-order valence-corrected chi connectivity index (χ0v) is 26.3. The number of carbonyl (C=O) groups excluding carboxylic acids is 3. The van der Waals surface area contributed by atoms with Crippen molar-refractivity contribution in [2.75, 3.05) is 23.4 Å². The van der Waals surface area contributed by atoms with Gasteiger partial charge in [-0.3, -0.25) is 19.2 Å². The number of aromatic nitrogens is 1. The highest BCUT2D eigenvalue weighted by Gasteiger charge is 2.56. The number of aromatic amines is 1. The van der Waals surface area contributed by atoms with Gasteiger partial charge < -0.3 is 19.8 Å². The normalized spacial score (nSPS) is 19.1. The van der Waals surface area contributed by atoms with Crippen LogP contribution in [0.15, 0.2) is 81.0 Å². The van der Waals surface area contributed by atoms with Crippen molar-refractivity contribution in [1.82, 2.24) is 4.98 Å². The summed E-state index contributed by atoms with van der Waals surface area (Å²) < 4.78 is 12.6. The Morgan fingerprint density at radius 2 is 1.77 bits per heavy atom. The van der Waals surface area contributed by atoms with Crippen LogP contribution in [-0.4, -0.2) is 41.2 Å². The van der Waals surface area contributed by atoms with Crippen molar-refractivity contribution in [2.24, 2.45) is 5.92 Å². The second-order valence-corrected chi connectivity index (χ2v) is 13.1. The summed E-state index contributed by atoms with van der Waals surface area (Å²) in [6, 6.07) is 19.7. The fourth-order valence-electron chi connectivity index (χ4n) is 5.37. The summed E-state index contributed by atoms with van der Waals surface area (Å²) in [5.74, 6) is -1.52. The van der Waals surface area contributed by atoms with Crippen LogP contribution in [0.3, 0.4) is 0 Å². The molecule has 3 atom stereocenters. The maximum atomic E-state index is 14.0. The van der Waals surface area contributed by atoms with Crippen LogP contribution < -0.4 is 24.6 Å². The molecule has 12 heteroatoms. The highest BCUT2D eigenvalue weighted by molar-refractivity contribution is 9.10. The molecule has 0 spiro atoms. The number of nitrogens with one attached hydrogen (secondary N) is 2. The number of fused-ring (bicyclic) bond motifs is 2. The molecule has 3 amide bonds. The molecule has 220 valence electrons. The summed E-state index contributed by atoms with van der Waals surface area (Å²) in [5.41, 5.74) is 2.83. The van der Waals surface area contributed by atoms with Gasteiger partial charge in [-0.15, -0.1) is 0 Å². The Kier molecular flexibility index (Phi) is 8.17. The lowest BCUT2D eigenvalue weighted by molar-refractivity contribution is -0.122. The molecule has 1 aromatic heterocycles. The van der Waals surface area contributed by atoms with Gasteiger partial charge in [0.1, 0.15) is 5.25 Å². The maximum Gasteiger partial charge on any atom is 0.305 e. The van der Waals surface area contributed by atoms with Gasteiger partial charge >= 0.3 is 4.87 Å². The predicted molar refractivity (Wildman–Crippen MR) is 169 cm³/mol. The molecule has 2 aliphatic rings. The number of hydrogen-bond acceptors (Lipinski definition) is 8. The van der Waals surface area contributed by atoms with E-state index in [2.05, 4.69) is 26.2 Å². The number of nitrogens with zero attached hydrogens (tertiary/aromatic N) is 1. The van der Waals surface area contributed by atoms with E-state index in [1.165, 1.54) is 16.7 Å². The number of thioether (sulfide) groups is 1. The summed E-state index contributed by atoms with van der Waals surface area (Å²) in [4.78, 5) is 57.2. The average molecular weight is 681 g/mol. The average Bonchev–Trinajstić information content (AvgIpc) is 3.48. The van der Waals surface area contributed by atoms with Crippen LogP contribution in [0.4, 0.5) is 11.4 Å². The Morgan fingerprint density at radius 3 is 2.51 bits per heavy atom. The van der Waals surface area contributed by atoms with Gasteiger partial charge in [0.15, 0.2) is 18.1 Å². The molecule has 0 radical (unpaired) electrons. The molecular weight excluding hydrogens is 654 g/mol. The first-order valence-corrected chi connectivity index (χ1v) is 16.0. The van der Waals surface area contributed by atoms with Crippen molar-refractivity contribution in [2.45, 2.75) is 30.0 Å². The number of H-pyrrole nitrogens is 1. The van der Waals surface area contributed by atoms with E-state index in [0.29, 0.717) is 44.9 Å². The number of ether oxygens (including phenoxy) is 2. The van der Waals surface area contributed by atoms with E-state index in [0.717, 1.165) is 21.4 Å². The quantitative estimate of drug-likeness (QED) is 0.229. The Hall–Kier alpha value is -3.87. The number of carbonyl (C=O) groups is 3. The zero-order valence-electron chi connectivity index (χ0n) is 23.1. The lowest BCUT2D eigenvalue weighted by Gasteiger charge is -2.30. The maximum absolute atomic E-state index is 14.0. The number of anilines is 2. The van der Waals surface area contributed by atoms with Crippen LogP contribution in [0, 0.1) is 12.8 Å². The molecule has 3 heterocycles. The van der Waals surface area contributed by atoms with Gasteiger partial charge in [0.25, 0.3) is 5.91 Å². The Balaban J connectivity index is 1.32. The molecular formula is C31H26BrN3O6S2. The number of aryl methyl sites for hydroxylation is 1. The molecule has 4 aromatic rings. The molecule has 9 nitrogen and oxygen atoms in total. The van der Waals surface area contributed by atoms with Gasteiger partial charge in [-0.2, -0.15) is 0 Å². The van der Waals surface area contributed by atoms with E-state index < -0.39 is 17.1 Å². The van der Waals surface area contributed by atoms with Gasteiger partial charge in [0.05, 0.1) is 23.2 Å². The lowest BCUT2D eigenvalue weighted by atomic mass is 9.83. The molecule has 6 rings (SSSR count). The largest absolute Gasteiger partial charge is 0.490 e. The first-order chi connectivity index (χ1) is 20.7. The van der Waals surface area contributed by atoms with Crippen LogP contribution in [0.1, 0.15) is 28.8 Å². The highest BCUT2D eigenvalue weighted by atomic mass is 79.9. The zero-order chi connectivity index (χ0) is 30.2. The van der Waals surface area contributed by atoms with Crippen LogP contribution in [0.5, 0.6) is 11.5 Å². The van der Waals surface area contributed by atoms with Crippen molar-refractivity contribution in [3.63, 3.8) is 0 Å². The third-order valence-corrected chi connectivity index (χ3v) is 10.2. The van der Waals surface area contributed by atoms with Crippen molar-refractivity contribution >= 4 is 68.1 Å². The molecule has 43 heavy (non-hydrogen) atoms. The van der Waals surface area contributed by atoms with E-state index in [1.807, 2.05) is 38.1 Å². The summed E-state index contributed by atoms with van der Waals surface area (Å²) in [6.07, 6.45) is 0. The third kappa shape index (κ3) is 5.62. The minimum Gasteiger partial charge on any atom is -0.490 e. The van der Waals surface area contributed by atoms with Gasteiger partial charge in [0.2, 0.25) is 11.8 Å². The second kappa shape index (κ2) is 12.0. The Bertz CT molecular complexity index is 1790. The van der Waals surface area contributed by atoms with Crippen LogP contribution in [0.2, 0.25) is 0 Å². The highest BCUT2D eigenvalue weighted by Crippen LogP contribution is 2.53. The number of thiazole rings is 1. The second-order valence-electron chi connectivity index (χ2n) is 10.0. The van der Waals surface area contributed by atoms with E-state index in [9.17, 15) is 19.2 Å². The molecule has 0 aliphatic carbocycles. The molecule has 0 saturated carbocycles. The van der Waals surface area contributed by atoms with Crippen LogP contribution >= 0.6 is 39.0 Å². The van der Waals surface area contributed by atoms with Crippen molar-refractivity contribution in [3.8, 4) is 11.5 Å². The van der Waals surface area contributed by atoms with Crippen LogP contribution in [-0.2, 0) is 14.4 Å². The fourth-order valence-corrected chi connectivity index (χ4v) is 8.15. The topological polar surface area (TPSA) is 118 Å². The Labute approximate surface area is 263 Å². The number of amides is 3. The van der Waals surface area contributed by atoms with Gasteiger partial charge in [0, 0.05) is 21.0 Å². The molecule has 2 N–H and O–H groups in total. The molecule has 1 fully saturated rings. The standard InChI is InChI=1S/C31H26BrN3O6S2/c1-3-40-22-14-17(8-13-21(22)41-15-23(36)33-20-7-5-4-6-16(20)2)24-25-27(42-28-26(24)43-31(39)34-28)30(38)35(29(25)37)19-11-9-18(32)10-12-19/h4-14,24-25,27H,3,15H2,1-2H3,(H,33,36)(H,34,39)/t24-,25-,27+/m0/s1. The van der Waals surface area contributed by atoms with Gasteiger partial charge in [-0.05, 0) is 67.4 Å². The van der Waals surface area contributed by atoms with Crippen LogP contribution in [0.25, 0.3) is 0 Å². The summed E-state index contributed by atoms with van der Waals surface area (Å²) in [6.45, 7) is 3.83. The molecule has 0 bridgehead atoms. The first-order valence-electron chi connectivity index (χ1n) is 13.5. The number of imide groups is 1.